The molecule has 0 radical (unpaired) electrons. The summed E-state index contributed by atoms with van der Waals surface area (Å²) in [6.45, 7) is 2.42. The van der Waals surface area contributed by atoms with Gasteiger partial charge in [-0.05, 0) is 25.0 Å². The molecule has 1 atom stereocenters. The van der Waals surface area contributed by atoms with Gasteiger partial charge in [0.05, 0.1) is 7.11 Å². The highest BCUT2D eigenvalue weighted by Gasteiger charge is 2.16. The van der Waals surface area contributed by atoms with Gasteiger partial charge in [-0.3, -0.25) is 4.79 Å². The Kier molecular flexibility index (Phi) is 5.65. The lowest BCUT2D eigenvalue weighted by molar-refractivity contribution is -0.131. The summed E-state index contributed by atoms with van der Waals surface area (Å²) in [5, 5.41) is 0. The van der Waals surface area contributed by atoms with Crippen molar-refractivity contribution in [3.8, 4) is 5.75 Å². The molecule has 0 heterocycles. The molecule has 1 unspecified atom stereocenters. The van der Waals surface area contributed by atoms with Crippen LogP contribution in [0.1, 0.15) is 18.9 Å². The summed E-state index contributed by atoms with van der Waals surface area (Å²) in [6.07, 6.45) is 1.17. The normalized spacial score (nSPS) is 12.0. The van der Waals surface area contributed by atoms with Crippen LogP contribution >= 0.6 is 0 Å². The van der Waals surface area contributed by atoms with Gasteiger partial charge in [-0.1, -0.05) is 18.2 Å². The first-order valence-corrected chi connectivity index (χ1v) is 6.17. The van der Waals surface area contributed by atoms with E-state index in [1.807, 2.05) is 38.2 Å². The molecule has 0 aliphatic heterocycles. The number of methoxy groups -OCH3 is 1. The number of likely N-dealkylation sites (N-methyl/N-ethyl adjacent to an activating group) is 1. The molecule has 0 fully saturated rings. The fourth-order valence-corrected chi connectivity index (χ4v) is 1.87. The summed E-state index contributed by atoms with van der Waals surface area (Å²) >= 11 is 0. The molecule has 0 aromatic heterocycles. The van der Waals surface area contributed by atoms with Crippen molar-refractivity contribution in [3.05, 3.63) is 29.8 Å². The van der Waals surface area contributed by atoms with E-state index in [1.165, 1.54) is 0 Å². The smallest absolute Gasteiger partial charge is 0.223 e. The van der Waals surface area contributed by atoms with Crippen LogP contribution in [-0.2, 0) is 11.2 Å². The minimum absolute atomic E-state index is 0.0832. The molecule has 0 bridgehead atoms. The number of rotatable bonds is 6. The van der Waals surface area contributed by atoms with Gasteiger partial charge in [-0.15, -0.1) is 0 Å². The molecule has 2 N–H and O–H groups in total. The molecule has 1 rings (SSSR count). The number of para-hydroxylation sites is 1. The first-order chi connectivity index (χ1) is 8.60. The van der Waals surface area contributed by atoms with Crippen molar-refractivity contribution in [1.82, 2.24) is 4.90 Å². The van der Waals surface area contributed by atoms with Gasteiger partial charge >= 0.3 is 0 Å². The average Bonchev–Trinajstić information content (AvgIpc) is 2.38. The van der Waals surface area contributed by atoms with Crippen molar-refractivity contribution >= 4 is 5.91 Å². The lowest BCUT2D eigenvalue weighted by atomic mass is 10.0. The van der Waals surface area contributed by atoms with E-state index in [4.69, 9.17) is 10.5 Å². The topological polar surface area (TPSA) is 55.6 Å². The Morgan fingerprint density at radius 1 is 1.44 bits per heavy atom. The molecule has 1 aromatic carbocycles. The monoisotopic (exact) mass is 250 g/mol. The van der Waals surface area contributed by atoms with Crippen molar-refractivity contribution in [3.63, 3.8) is 0 Å². The molecule has 0 aliphatic rings. The van der Waals surface area contributed by atoms with Gasteiger partial charge in [0.2, 0.25) is 5.91 Å². The first kappa shape index (κ1) is 14.5. The first-order valence-electron chi connectivity index (χ1n) is 6.17. The molecule has 18 heavy (non-hydrogen) atoms. The van der Waals surface area contributed by atoms with E-state index in [-0.39, 0.29) is 11.9 Å². The van der Waals surface area contributed by atoms with E-state index < -0.39 is 0 Å². The fraction of sp³-hybridized carbons (Fsp3) is 0.500. The maximum atomic E-state index is 11.7. The van der Waals surface area contributed by atoms with Gasteiger partial charge in [0, 0.05) is 26.1 Å². The van der Waals surface area contributed by atoms with Crippen LogP contribution in [-0.4, -0.2) is 37.6 Å². The number of nitrogens with two attached hydrogens (primary N) is 1. The zero-order chi connectivity index (χ0) is 13.5. The van der Waals surface area contributed by atoms with E-state index in [9.17, 15) is 4.79 Å². The molecule has 1 amide bonds. The summed E-state index contributed by atoms with van der Waals surface area (Å²) in [5.74, 6) is 0.948. The molecule has 4 nitrogen and oxygen atoms in total. The van der Waals surface area contributed by atoms with Crippen LogP contribution in [0, 0.1) is 0 Å². The molecule has 4 heteroatoms. The standard InChI is InChI=1S/C14H22N2O2/c1-11(16(2)14(17)8-9-15)10-12-6-4-5-7-13(12)18-3/h4-7,11H,8-10,15H2,1-3H3. The minimum atomic E-state index is 0.0832. The maximum Gasteiger partial charge on any atom is 0.223 e. The van der Waals surface area contributed by atoms with Crippen LogP contribution in [0.25, 0.3) is 0 Å². The van der Waals surface area contributed by atoms with Crippen molar-refractivity contribution in [1.29, 1.82) is 0 Å². The van der Waals surface area contributed by atoms with Gasteiger partial charge in [0.15, 0.2) is 0 Å². The quantitative estimate of drug-likeness (QED) is 0.831. The Bertz CT molecular complexity index is 393. The van der Waals surface area contributed by atoms with Crippen LogP contribution in [0.3, 0.4) is 0 Å². The van der Waals surface area contributed by atoms with Gasteiger partial charge in [-0.25, -0.2) is 0 Å². The number of nitrogens with zero attached hydrogens (tertiary/aromatic N) is 1. The van der Waals surface area contributed by atoms with Gasteiger partial charge in [0.25, 0.3) is 0 Å². The highest BCUT2D eigenvalue weighted by atomic mass is 16.5. The SMILES string of the molecule is COc1ccccc1CC(C)N(C)C(=O)CCN. The molecule has 0 saturated carbocycles. The van der Waals surface area contributed by atoms with Crippen molar-refractivity contribution in [2.75, 3.05) is 20.7 Å². The molecule has 0 saturated heterocycles. The van der Waals surface area contributed by atoms with Gasteiger partial charge in [0.1, 0.15) is 5.75 Å². The molecule has 0 spiro atoms. The zero-order valence-corrected chi connectivity index (χ0v) is 11.3. The Labute approximate surface area is 109 Å². The third kappa shape index (κ3) is 3.74. The lowest BCUT2D eigenvalue weighted by Gasteiger charge is -2.25. The van der Waals surface area contributed by atoms with Gasteiger partial charge < -0.3 is 15.4 Å². The second-order valence-electron chi connectivity index (χ2n) is 4.41. The zero-order valence-electron chi connectivity index (χ0n) is 11.3. The largest absolute Gasteiger partial charge is 0.496 e. The summed E-state index contributed by atoms with van der Waals surface area (Å²) < 4.78 is 5.31. The summed E-state index contributed by atoms with van der Waals surface area (Å²) in [6, 6.07) is 8.00. The highest BCUT2D eigenvalue weighted by Crippen LogP contribution is 2.20. The molecule has 1 aromatic rings. The Hall–Kier alpha value is -1.55. The number of ether oxygens (including phenoxy) is 1. The molecular weight excluding hydrogens is 228 g/mol. The molecule has 100 valence electrons. The number of hydrogen-bond acceptors (Lipinski definition) is 3. The van der Waals surface area contributed by atoms with Crippen molar-refractivity contribution < 1.29 is 9.53 Å². The van der Waals surface area contributed by atoms with E-state index >= 15 is 0 Å². The third-order valence-corrected chi connectivity index (χ3v) is 3.12. The third-order valence-electron chi connectivity index (χ3n) is 3.12. The summed E-state index contributed by atoms with van der Waals surface area (Å²) in [5.41, 5.74) is 6.51. The fourth-order valence-electron chi connectivity index (χ4n) is 1.87. The highest BCUT2D eigenvalue weighted by molar-refractivity contribution is 5.76. The second-order valence-corrected chi connectivity index (χ2v) is 4.41. The molecular formula is C14H22N2O2. The van der Waals surface area contributed by atoms with Crippen molar-refractivity contribution in [2.24, 2.45) is 5.73 Å². The number of carbonyl (C=O) groups excluding carboxylic acids is 1. The van der Waals surface area contributed by atoms with E-state index in [0.717, 1.165) is 17.7 Å². The second kappa shape index (κ2) is 7.01. The number of benzene rings is 1. The van der Waals surface area contributed by atoms with E-state index in [1.54, 1.807) is 12.0 Å². The number of carbonyl (C=O) groups is 1. The summed E-state index contributed by atoms with van der Waals surface area (Å²) in [7, 11) is 3.48. The van der Waals surface area contributed by atoms with E-state index in [0.29, 0.717) is 13.0 Å². The van der Waals surface area contributed by atoms with Crippen LogP contribution in [0.2, 0.25) is 0 Å². The predicted molar refractivity (Wildman–Crippen MR) is 72.6 cm³/mol. The molecule has 0 aliphatic carbocycles. The Morgan fingerprint density at radius 3 is 2.72 bits per heavy atom. The maximum absolute atomic E-state index is 11.7. The van der Waals surface area contributed by atoms with Crippen LogP contribution in [0.15, 0.2) is 24.3 Å². The number of amides is 1. The summed E-state index contributed by atoms with van der Waals surface area (Å²) in [4.78, 5) is 13.5. The Morgan fingerprint density at radius 2 is 2.11 bits per heavy atom. The van der Waals surface area contributed by atoms with Crippen LogP contribution in [0.5, 0.6) is 5.75 Å². The van der Waals surface area contributed by atoms with E-state index in [2.05, 4.69) is 0 Å². The Balaban J connectivity index is 2.69. The van der Waals surface area contributed by atoms with Crippen LogP contribution < -0.4 is 10.5 Å². The van der Waals surface area contributed by atoms with Crippen LogP contribution in [0.4, 0.5) is 0 Å². The van der Waals surface area contributed by atoms with Gasteiger partial charge in [-0.2, -0.15) is 0 Å². The average molecular weight is 250 g/mol. The number of hydrogen-bond donors (Lipinski definition) is 1. The lowest BCUT2D eigenvalue weighted by Crippen LogP contribution is -2.37. The predicted octanol–water partition coefficient (Wildman–Crippen LogP) is 1.43. The van der Waals surface area contributed by atoms with Crippen molar-refractivity contribution in [2.45, 2.75) is 25.8 Å². The minimum Gasteiger partial charge on any atom is -0.496 e.